The number of nitrogens with zero attached hydrogens (tertiary/aromatic N) is 1. The summed E-state index contributed by atoms with van der Waals surface area (Å²) in [7, 11) is 0. The van der Waals surface area contributed by atoms with Crippen molar-refractivity contribution in [2.75, 3.05) is 5.32 Å². The highest BCUT2D eigenvalue weighted by molar-refractivity contribution is 7.22. The predicted molar refractivity (Wildman–Crippen MR) is 76.0 cm³/mol. The summed E-state index contributed by atoms with van der Waals surface area (Å²) < 4.78 is 5.97. The Labute approximate surface area is 118 Å². The van der Waals surface area contributed by atoms with Crippen molar-refractivity contribution in [2.45, 2.75) is 6.92 Å². The molecule has 0 spiro atoms. The molecule has 3 aromatic rings. The van der Waals surface area contributed by atoms with Crippen LogP contribution in [0.3, 0.4) is 0 Å². The van der Waals surface area contributed by atoms with E-state index in [1.165, 1.54) is 17.6 Å². The number of halogens is 1. The maximum atomic E-state index is 11.8. The molecule has 0 saturated heterocycles. The Morgan fingerprint density at radius 2 is 2.32 bits per heavy atom. The van der Waals surface area contributed by atoms with Crippen LogP contribution in [-0.4, -0.2) is 10.9 Å². The van der Waals surface area contributed by atoms with E-state index in [-0.39, 0.29) is 11.7 Å². The van der Waals surface area contributed by atoms with Gasteiger partial charge in [0.05, 0.1) is 16.5 Å². The number of anilines is 1. The topological polar surface area (TPSA) is 55.1 Å². The Bertz CT molecular complexity index is 749. The number of rotatable bonds is 2. The normalized spacial score (nSPS) is 10.8. The van der Waals surface area contributed by atoms with E-state index >= 15 is 0 Å². The van der Waals surface area contributed by atoms with Crippen molar-refractivity contribution < 1.29 is 9.21 Å². The van der Waals surface area contributed by atoms with E-state index in [2.05, 4.69) is 10.3 Å². The standard InChI is InChI=1S/C13H9ClN2O2S/c1-7-5-8(14)6-10-11(7)15-13(19-10)16-12(17)9-3-2-4-18-9/h2-6H,1H3,(H,15,16,17). The molecule has 19 heavy (non-hydrogen) atoms. The molecule has 0 saturated carbocycles. The van der Waals surface area contributed by atoms with Crippen molar-refractivity contribution in [3.8, 4) is 0 Å². The molecule has 0 aliphatic rings. The molecule has 0 bridgehead atoms. The molecule has 1 aromatic carbocycles. The average molecular weight is 293 g/mol. The lowest BCUT2D eigenvalue weighted by Crippen LogP contribution is -2.10. The van der Waals surface area contributed by atoms with Gasteiger partial charge in [0.1, 0.15) is 0 Å². The van der Waals surface area contributed by atoms with E-state index < -0.39 is 0 Å². The minimum atomic E-state index is -0.312. The fourth-order valence-corrected chi connectivity index (χ4v) is 3.09. The second kappa shape index (κ2) is 4.68. The van der Waals surface area contributed by atoms with E-state index in [9.17, 15) is 4.79 Å². The second-order valence-electron chi connectivity index (χ2n) is 4.02. The van der Waals surface area contributed by atoms with Gasteiger partial charge >= 0.3 is 0 Å². The van der Waals surface area contributed by atoms with Gasteiger partial charge in [-0.15, -0.1) is 0 Å². The van der Waals surface area contributed by atoms with Crippen molar-refractivity contribution in [3.63, 3.8) is 0 Å². The molecule has 0 atom stereocenters. The summed E-state index contributed by atoms with van der Waals surface area (Å²) in [5.74, 6) is -0.0539. The number of fused-ring (bicyclic) bond motifs is 1. The molecular formula is C13H9ClN2O2S. The maximum absolute atomic E-state index is 11.8. The minimum absolute atomic E-state index is 0.258. The van der Waals surface area contributed by atoms with Gasteiger partial charge in [-0.2, -0.15) is 0 Å². The fourth-order valence-electron chi connectivity index (χ4n) is 1.77. The third-order valence-electron chi connectivity index (χ3n) is 2.62. The number of benzene rings is 1. The molecular weight excluding hydrogens is 284 g/mol. The van der Waals surface area contributed by atoms with Gasteiger partial charge in [-0.25, -0.2) is 4.98 Å². The van der Waals surface area contributed by atoms with Gasteiger partial charge < -0.3 is 4.42 Å². The summed E-state index contributed by atoms with van der Waals surface area (Å²) >= 11 is 7.38. The quantitative estimate of drug-likeness (QED) is 0.773. The number of carbonyl (C=O) groups is 1. The molecule has 2 aromatic heterocycles. The molecule has 4 nitrogen and oxygen atoms in total. The first-order valence-electron chi connectivity index (χ1n) is 5.55. The number of hydrogen-bond acceptors (Lipinski definition) is 4. The average Bonchev–Trinajstić information content (AvgIpc) is 2.96. The first-order chi connectivity index (χ1) is 9.13. The fraction of sp³-hybridized carbons (Fsp3) is 0.0769. The Hall–Kier alpha value is -1.85. The van der Waals surface area contributed by atoms with Gasteiger partial charge in [0, 0.05) is 5.02 Å². The third kappa shape index (κ3) is 2.34. The van der Waals surface area contributed by atoms with Crippen LogP contribution in [0.15, 0.2) is 34.9 Å². The SMILES string of the molecule is Cc1cc(Cl)cc2sc(NC(=O)c3ccco3)nc12. The smallest absolute Gasteiger partial charge is 0.293 e. The number of carbonyl (C=O) groups excluding carboxylic acids is 1. The first-order valence-corrected chi connectivity index (χ1v) is 6.74. The number of nitrogens with one attached hydrogen (secondary N) is 1. The van der Waals surface area contributed by atoms with E-state index in [1.54, 1.807) is 12.1 Å². The van der Waals surface area contributed by atoms with Gasteiger partial charge in [0.15, 0.2) is 10.9 Å². The predicted octanol–water partition coefficient (Wildman–Crippen LogP) is 4.10. The van der Waals surface area contributed by atoms with Gasteiger partial charge in [0.25, 0.3) is 5.91 Å². The van der Waals surface area contributed by atoms with Crippen LogP contribution < -0.4 is 5.32 Å². The summed E-state index contributed by atoms with van der Waals surface area (Å²) in [6.45, 7) is 1.94. The largest absolute Gasteiger partial charge is 0.459 e. The summed E-state index contributed by atoms with van der Waals surface area (Å²) in [5, 5.41) is 3.91. The number of amides is 1. The monoisotopic (exact) mass is 292 g/mol. The summed E-state index contributed by atoms with van der Waals surface area (Å²) in [5.41, 5.74) is 1.83. The molecule has 3 rings (SSSR count). The first kappa shape index (κ1) is 12.2. The van der Waals surface area contributed by atoms with E-state index in [0.717, 1.165) is 15.8 Å². The molecule has 0 aliphatic carbocycles. The van der Waals surface area contributed by atoms with Gasteiger partial charge in [-0.1, -0.05) is 22.9 Å². The van der Waals surface area contributed by atoms with Gasteiger partial charge in [0.2, 0.25) is 0 Å². The number of hydrogen-bond donors (Lipinski definition) is 1. The highest BCUT2D eigenvalue weighted by Crippen LogP contribution is 2.31. The van der Waals surface area contributed by atoms with Crippen LogP contribution in [-0.2, 0) is 0 Å². The molecule has 96 valence electrons. The Balaban J connectivity index is 1.94. The molecule has 0 radical (unpaired) electrons. The van der Waals surface area contributed by atoms with Crippen molar-refractivity contribution in [1.29, 1.82) is 0 Å². The van der Waals surface area contributed by atoms with Crippen molar-refractivity contribution in [2.24, 2.45) is 0 Å². The van der Waals surface area contributed by atoms with Crippen molar-refractivity contribution in [3.05, 3.63) is 46.9 Å². The lowest BCUT2D eigenvalue weighted by atomic mass is 10.2. The second-order valence-corrected chi connectivity index (χ2v) is 5.49. The van der Waals surface area contributed by atoms with E-state index in [0.29, 0.717) is 10.2 Å². The Morgan fingerprint density at radius 1 is 1.47 bits per heavy atom. The van der Waals surface area contributed by atoms with Crippen LogP contribution in [0.4, 0.5) is 5.13 Å². The minimum Gasteiger partial charge on any atom is -0.459 e. The third-order valence-corrected chi connectivity index (χ3v) is 3.75. The summed E-state index contributed by atoms with van der Waals surface area (Å²) in [4.78, 5) is 16.2. The molecule has 2 heterocycles. The van der Waals surface area contributed by atoms with Crippen molar-refractivity contribution >= 4 is 44.2 Å². The van der Waals surface area contributed by atoms with Crippen LogP contribution in [0.5, 0.6) is 0 Å². The number of aryl methyl sites for hydroxylation is 1. The Morgan fingerprint density at radius 3 is 3.05 bits per heavy atom. The van der Waals surface area contributed by atoms with Crippen LogP contribution >= 0.6 is 22.9 Å². The van der Waals surface area contributed by atoms with E-state index in [1.807, 2.05) is 19.1 Å². The van der Waals surface area contributed by atoms with Gasteiger partial charge in [-0.05, 0) is 36.8 Å². The van der Waals surface area contributed by atoms with Crippen LogP contribution in [0.1, 0.15) is 16.1 Å². The number of furan rings is 1. The van der Waals surface area contributed by atoms with Crippen molar-refractivity contribution in [1.82, 2.24) is 4.98 Å². The molecule has 0 unspecified atom stereocenters. The zero-order valence-corrected chi connectivity index (χ0v) is 11.5. The summed E-state index contributed by atoms with van der Waals surface area (Å²) in [6.07, 6.45) is 1.46. The van der Waals surface area contributed by atoms with E-state index in [4.69, 9.17) is 16.0 Å². The van der Waals surface area contributed by atoms with Crippen LogP contribution in [0.25, 0.3) is 10.2 Å². The number of aromatic nitrogens is 1. The van der Waals surface area contributed by atoms with Crippen LogP contribution in [0, 0.1) is 6.92 Å². The summed E-state index contributed by atoms with van der Waals surface area (Å²) in [6, 6.07) is 6.95. The van der Waals surface area contributed by atoms with Crippen LogP contribution in [0.2, 0.25) is 5.02 Å². The molecule has 6 heteroatoms. The Kier molecular flexibility index (Phi) is 3.00. The lowest BCUT2D eigenvalue weighted by molar-refractivity contribution is 0.0996. The molecule has 0 fully saturated rings. The highest BCUT2D eigenvalue weighted by atomic mass is 35.5. The molecule has 1 amide bonds. The lowest BCUT2D eigenvalue weighted by Gasteiger charge is -1.96. The zero-order valence-electron chi connectivity index (χ0n) is 9.94. The maximum Gasteiger partial charge on any atom is 0.293 e. The highest BCUT2D eigenvalue weighted by Gasteiger charge is 2.13. The zero-order chi connectivity index (χ0) is 13.4. The number of thiazole rings is 1. The van der Waals surface area contributed by atoms with Gasteiger partial charge in [-0.3, -0.25) is 10.1 Å². The molecule has 1 N–H and O–H groups in total. The molecule has 0 aliphatic heterocycles.